The second-order valence-electron chi connectivity index (χ2n) is 7.70. The minimum absolute atomic E-state index is 0.183. The standard InChI is InChI=1S/C19H19F2N5/c1-18(2)10-8-9-26(5)16(10)15(23-19(18,3)4)17-22-12-7-6-11(20)13(21)14(12)24-25-17/h6-9H,1-5H3. The summed E-state index contributed by atoms with van der Waals surface area (Å²) < 4.78 is 29.3. The molecule has 134 valence electrons. The fraction of sp³-hybridized carbons (Fsp3) is 0.368. The lowest BCUT2D eigenvalue weighted by atomic mass is 9.67. The minimum Gasteiger partial charge on any atom is -0.349 e. The molecule has 0 saturated carbocycles. The lowest BCUT2D eigenvalue weighted by molar-refractivity contribution is 0.303. The molecular weight excluding hydrogens is 336 g/mol. The van der Waals surface area contributed by atoms with E-state index in [1.54, 1.807) is 0 Å². The molecule has 0 saturated heterocycles. The summed E-state index contributed by atoms with van der Waals surface area (Å²) in [4.78, 5) is 9.33. The van der Waals surface area contributed by atoms with Crippen LogP contribution in [0.3, 0.4) is 0 Å². The third-order valence-electron chi connectivity index (χ3n) is 5.62. The molecule has 0 fully saturated rings. The molecule has 3 aromatic rings. The Morgan fingerprint density at radius 3 is 2.46 bits per heavy atom. The molecule has 0 aliphatic carbocycles. The van der Waals surface area contributed by atoms with E-state index in [9.17, 15) is 8.78 Å². The van der Waals surface area contributed by atoms with Crippen LogP contribution in [0.25, 0.3) is 11.0 Å². The van der Waals surface area contributed by atoms with Crippen LogP contribution in [0.1, 0.15) is 44.8 Å². The number of halogens is 2. The first kappa shape index (κ1) is 16.8. The van der Waals surface area contributed by atoms with Crippen LogP contribution < -0.4 is 0 Å². The fourth-order valence-electron chi connectivity index (χ4n) is 3.34. The largest absolute Gasteiger partial charge is 0.349 e. The number of fused-ring (bicyclic) bond motifs is 2. The van der Waals surface area contributed by atoms with Gasteiger partial charge < -0.3 is 4.57 Å². The van der Waals surface area contributed by atoms with Gasteiger partial charge in [0, 0.05) is 18.7 Å². The summed E-state index contributed by atoms with van der Waals surface area (Å²) in [5, 5.41) is 7.92. The minimum atomic E-state index is -1.04. The van der Waals surface area contributed by atoms with Crippen molar-refractivity contribution in [2.45, 2.75) is 38.6 Å². The van der Waals surface area contributed by atoms with E-state index in [1.807, 2.05) is 17.8 Å². The van der Waals surface area contributed by atoms with Crippen LogP contribution in [0, 0.1) is 11.6 Å². The second kappa shape index (κ2) is 5.16. The Kier molecular flexibility index (Phi) is 3.32. The zero-order chi connectivity index (χ0) is 18.9. The zero-order valence-electron chi connectivity index (χ0n) is 15.3. The number of aromatic nitrogens is 4. The van der Waals surface area contributed by atoms with E-state index < -0.39 is 17.2 Å². The van der Waals surface area contributed by atoms with Gasteiger partial charge in [-0.15, -0.1) is 10.2 Å². The van der Waals surface area contributed by atoms with Gasteiger partial charge in [0.1, 0.15) is 5.71 Å². The number of hydrogen-bond donors (Lipinski definition) is 0. The van der Waals surface area contributed by atoms with E-state index in [0.717, 1.165) is 17.3 Å². The van der Waals surface area contributed by atoms with Gasteiger partial charge in [0.15, 0.2) is 17.2 Å². The van der Waals surface area contributed by atoms with Gasteiger partial charge in [0.25, 0.3) is 0 Å². The molecule has 1 aliphatic rings. The monoisotopic (exact) mass is 355 g/mol. The van der Waals surface area contributed by atoms with Gasteiger partial charge in [-0.05, 0) is 37.6 Å². The zero-order valence-corrected chi connectivity index (χ0v) is 15.3. The van der Waals surface area contributed by atoms with Gasteiger partial charge in [-0.1, -0.05) is 13.8 Å². The van der Waals surface area contributed by atoms with Crippen molar-refractivity contribution in [2.75, 3.05) is 0 Å². The van der Waals surface area contributed by atoms with Gasteiger partial charge in [-0.2, -0.15) is 0 Å². The molecular formula is C19H19F2N5. The van der Waals surface area contributed by atoms with E-state index >= 15 is 0 Å². The Morgan fingerprint density at radius 2 is 1.73 bits per heavy atom. The Bertz CT molecular complexity index is 1080. The highest BCUT2D eigenvalue weighted by atomic mass is 19.2. The number of hydrogen-bond acceptors (Lipinski definition) is 4. The van der Waals surface area contributed by atoms with Crippen LogP contribution in [-0.4, -0.2) is 31.0 Å². The van der Waals surface area contributed by atoms with Crippen molar-refractivity contribution in [1.82, 2.24) is 19.7 Å². The van der Waals surface area contributed by atoms with Gasteiger partial charge >= 0.3 is 0 Å². The van der Waals surface area contributed by atoms with Crippen molar-refractivity contribution in [3.8, 4) is 0 Å². The van der Waals surface area contributed by atoms with Crippen molar-refractivity contribution in [2.24, 2.45) is 12.0 Å². The Labute approximate surface area is 149 Å². The quantitative estimate of drug-likeness (QED) is 0.671. The molecule has 0 spiro atoms. The number of aliphatic imine (C=N–C) groups is 1. The van der Waals surface area contributed by atoms with Crippen molar-refractivity contribution in [1.29, 1.82) is 0 Å². The maximum absolute atomic E-state index is 13.9. The predicted molar refractivity (Wildman–Crippen MR) is 95.4 cm³/mol. The van der Waals surface area contributed by atoms with Crippen molar-refractivity contribution >= 4 is 16.7 Å². The summed E-state index contributed by atoms with van der Waals surface area (Å²) in [6, 6.07) is 4.52. The van der Waals surface area contributed by atoms with E-state index in [1.165, 1.54) is 6.07 Å². The maximum Gasteiger partial charge on any atom is 0.202 e. The number of nitrogens with zero attached hydrogens (tertiary/aromatic N) is 5. The van der Waals surface area contributed by atoms with E-state index in [0.29, 0.717) is 11.5 Å². The average Bonchev–Trinajstić information content (AvgIpc) is 2.97. The van der Waals surface area contributed by atoms with Crippen LogP contribution in [-0.2, 0) is 12.5 Å². The molecule has 0 amide bonds. The summed E-state index contributed by atoms with van der Waals surface area (Å²) in [6.07, 6.45) is 1.98. The van der Waals surface area contributed by atoms with E-state index in [4.69, 9.17) is 4.99 Å². The fourth-order valence-corrected chi connectivity index (χ4v) is 3.34. The Morgan fingerprint density at radius 1 is 1.00 bits per heavy atom. The second-order valence-corrected chi connectivity index (χ2v) is 7.70. The van der Waals surface area contributed by atoms with Crippen LogP contribution in [0.2, 0.25) is 0 Å². The smallest absolute Gasteiger partial charge is 0.202 e. The van der Waals surface area contributed by atoms with Gasteiger partial charge in [0.05, 0.1) is 16.7 Å². The predicted octanol–water partition coefficient (Wildman–Crippen LogP) is 3.55. The van der Waals surface area contributed by atoms with Crippen molar-refractivity contribution in [3.63, 3.8) is 0 Å². The van der Waals surface area contributed by atoms with Crippen LogP contribution in [0.4, 0.5) is 8.78 Å². The molecule has 1 aromatic carbocycles. The van der Waals surface area contributed by atoms with E-state index in [2.05, 4.69) is 48.9 Å². The van der Waals surface area contributed by atoms with Crippen LogP contribution >= 0.6 is 0 Å². The maximum atomic E-state index is 13.9. The third-order valence-corrected chi connectivity index (χ3v) is 5.62. The molecule has 5 nitrogen and oxygen atoms in total. The first-order valence-electron chi connectivity index (χ1n) is 8.38. The highest BCUT2D eigenvalue weighted by Gasteiger charge is 2.45. The normalized spacial score (nSPS) is 17.9. The van der Waals surface area contributed by atoms with Crippen molar-refractivity contribution < 1.29 is 8.78 Å². The van der Waals surface area contributed by atoms with Gasteiger partial charge in [0.2, 0.25) is 5.82 Å². The Hall–Kier alpha value is -2.70. The third kappa shape index (κ3) is 2.12. The average molecular weight is 355 g/mol. The molecule has 7 heteroatoms. The molecule has 0 atom stereocenters. The molecule has 4 rings (SSSR count). The molecule has 0 radical (unpaired) electrons. The topological polar surface area (TPSA) is 56.0 Å². The summed E-state index contributed by atoms with van der Waals surface area (Å²) in [5.41, 5.74) is 2.14. The highest BCUT2D eigenvalue weighted by molar-refractivity contribution is 6.12. The molecule has 3 heterocycles. The SMILES string of the molecule is Cn1ccc2c1C(c1nnc3c(F)c(F)ccc3n1)=NC(C)(C)C2(C)C. The van der Waals surface area contributed by atoms with Gasteiger partial charge in [-0.25, -0.2) is 13.8 Å². The molecule has 26 heavy (non-hydrogen) atoms. The molecule has 1 aliphatic heterocycles. The van der Waals surface area contributed by atoms with E-state index in [-0.39, 0.29) is 16.4 Å². The number of aryl methyl sites for hydroxylation is 1. The first-order chi connectivity index (χ1) is 12.1. The summed E-state index contributed by atoms with van der Waals surface area (Å²) in [5.74, 6) is -1.71. The van der Waals surface area contributed by atoms with Gasteiger partial charge in [-0.3, -0.25) is 4.99 Å². The number of rotatable bonds is 1. The molecule has 0 bridgehead atoms. The summed E-state index contributed by atoms with van der Waals surface area (Å²) in [6.45, 7) is 8.44. The highest BCUT2D eigenvalue weighted by Crippen LogP contribution is 2.43. The molecule has 2 aromatic heterocycles. The number of benzene rings is 1. The Balaban J connectivity index is 1.98. The van der Waals surface area contributed by atoms with Crippen molar-refractivity contribution in [3.05, 3.63) is 53.1 Å². The molecule has 0 unspecified atom stereocenters. The molecule has 0 N–H and O–H groups in total. The summed E-state index contributed by atoms with van der Waals surface area (Å²) in [7, 11) is 1.94. The lowest BCUT2D eigenvalue weighted by Crippen LogP contribution is -2.46. The van der Waals surface area contributed by atoms with Crippen LogP contribution in [0.15, 0.2) is 29.4 Å². The lowest BCUT2D eigenvalue weighted by Gasteiger charge is -2.42. The first-order valence-corrected chi connectivity index (χ1v) is 8.38. The van der Waals surface area contributed by atoms with Crippen LogP contribution in [0.5, 0.6) is 0 Å². The summed E-state index contributed by atoms with van der Waals surface area (Å²) >= 11 is 0.